The molecule has 2 heteroatoms. The molecule has 1 aliphatic rings. The fraction of sp³-hybridized carbons (Fsp3) is 0.333. The molecule has 2 unspecified atom stereocenters. The van der Waals surface area contributed by atoms with Crippen molar-refractivity contribution in [1.29, 1.82) is 0 Å². The van der Waals surface area contributed by atoms with Gasteiger partial charge >= 0.3 is 0 Å². The topological polar surface area (TPSA) is 12.5 Å². The van der Waals surface area contributed by atoms with Crippen molar-refractivity contribution < 1.29 is 4.74 Å². The van der Waals surface area contributed by atoms with Crippen LogP contribution < -0.4 is 0 Å². The number of halogens is 1. The second-order valence-corrected chi connectivity index (χ2v) is 3.85. The van der Waals surface area contributed by atoms with Gasteiger partial charge in [-0.25, -0.2) is 0 Å². The minimum absolute atomic E-state index is 0.286. The van der Waals surface area contributed by atoms with Crippen LogP contribution in [0, 0.1) is 9.85 Å². The molecule has 2 rings (SSSR count). The average molecular weight is 298 g/mol. The maximum atomic E-state index is 5.57. The van der Waals surface area contributed by atoms with E-state index >= 15 is 0 Å². The molecule has 1 aromatic rings. The Morgan fingerprint density at radius 1 is 1.43 bits per heavy atom. The van der Waals surface area contributed by atoms with Crippen LogP contribution in [0.25, 0.3) is 0 Å². The summed E-state index contributed by atoms with van der Waals surface area (Å²) in [6, 6.07) is 8.22. The number of epoxide rings is 1. The summed E-state index contributed by atoms with van der Waals surface area (Å²) in [7, 11) is 0. The molecule has 0 saturated carbocycles. The first kappa shape index (κ1) is 10.0. The van der Waals surface area contributed by atoms with Crippen LogP contribution in [0.5, 0.6) is 0 Å². The van der Waals surface area contributed by atoms with E-state index in [0.717, 1.165) is 12.0 Å². The van der Waals surface area contributed by atoms with E-state index in [1.807, 2.05) is 12.1 Å². The molecule has 1 saturated heterocycles. The standard InChI is InChI=1S/C12H11IO/c1-2-11-12(14-11)10-6-4-3-5-9(10)7-8-13/h3-6,11-12H,2H2,1H3. The Labute approximate surface area is 98.0 Å². The summed E-state index contributed by atoms with van der Waals surface area (Å²) in [5.41, 5.74) is 2.34. The molecule has 1 heterocycles. The van der Waals surface area contributed by atoms with Gasteiger partial charge in [0.05, 0.1) is 6.10 Å². The Morgan fingerprint density at radius 3 is 2.86 bits per heavy atom. The zero-order valence-electron chi connectivity index (χ0n) is 7.96. The minimum Gasteiger partial charge on any atom is -0.364 e. The van der Waals surface area contributed by atoms with E-state index in [1.54, 1.807) is 0 Å². The fourth-order valence-electron chi connectivity index (χ4n) is 1.64. The minimum atomic E-state index is 0.286. The molecule has 1 aromatic carbocycles. The zero-order chi connectivity index (χ0) is 9.97. The predicted molar refractivity (Wildman–Crippen MR) is 65.2 cm³/mol. The monoisotopic (exact) mass is 298 g/mol. The smallest absolute Gasteiger partial charge is 0.110 e. The van der Waals surface area contributed by atoms with E-state index < -0.39 is 0 Å². The lowest BCUT2D eigenvalue weighted by Crippen LogP contribution is -1.90. The molecule has 72 valence electrons. The van der Waals surface area contributed by atoms with Crippen molar-refractivity contribution >= 4 is 22.6 Å². The summed E-state index contributed by atoms with van der Waals surface area (Å²) in [5.74, 6) is 3.10. The second-order valence-electron chi connectivity index (χ2n) is 3.31. The summed E-state index contributed by atoms with van der Waals surface area (Å²) in [4.78, 5) is 0. The fourth-order valence-corrected chi connectivity index (χ4v) is 1.93. The Bertz CT molecular complexity index is 389. The first-order chi connectivity index (χ1) is 6.86. The van der Waals surface area contributed by atoms with E-state index in [0.29, 0.717) is 6.10 Å². The van der Waals surface area contributed by atoms with E-state index in [2.05, 4.69) is 51.5 Å². The zero-order valence-corrected chi connectivity index (χ0v) is 10.1. The normalized spacial score (nSPS) is 23.9. The van der Waals surface area contributed by atoms with Gasteiger partial charge in [0.2, 0.25) is 0 Å². The molecular formula is C12H11IO. The number of rotatable bonds is 2. The van der Waals surface area contributed by atoms with Gasteiger partial charge in [0.15, 0.2) is 0 Å². The van der Waals surface area contributed by atoms with Gasteiger partial charge in [-0.3, -0.25) is 0 Å². The molecule has 1 fully saturated rings. The van der Waals surface area contributed by atoms with Crippen molar-refractivity contribution in [3.05, 3.63) is 35.4 Å². The van der Waals surface area contributed by atoms with Crippen LogP contribution in [0.15, 0.2) is 24.3 Å². The number of hydrogen-bond acceptors (Lipinski definition) is 1. The molecule has 0 aromatic heterocycles. The lowest BCUT2D eigenvalue weighted by molar-refractivity contribution is 0.370. The van der Waals surface area contributed by atoms with Crippen molar-refractivity contribution in [3.63, 3.8) is 0 Å². The highest BCUT2D eigenvalue weighted by atomic mass is 127. The highest BCUT2D eigenvalue weighted by Gasteiger charge is 2.39. The van der Waals surface area contributed by atoms with Crippen LogP contribution in [0.2, 0.25) is 0 Å². The molecule has 0 aliphatic carbocycles. The van der Waals surface area contributed by atoms with Crippen LogP contribution >= 0.6 is 22.6 Å². The third kappa shape index (κ3) is 1.94. The number of hydrogen-bond donors (Lipinski definition) is 0. The van der Waals surface area contributed by atoms with E-state index in [4.69, 9.17) is 4.74 Å². The lowest BCUT2D eigenvalue weighted by atomic mass is 10.0. The molecule has 0 bridgehead atoms. The van der Waals surface area contributed by atoms with Gasteiger partial charge in [0.25, 0.3) is 0 Å². The van der Waals surface area contributed by atoms with Gasteiger partial charge < -0.3 is 4.74 Å². The quantitative estimate of drug-likeness (QED) is 0.464. The van der Waals surface area contributed by atoms with Crippen molar-refractivity contribution in [2.45, 2.75) is 25.6 Å². The molecule has 2 atom stereocenters. The molecule has 0 amide bonds. The highest BCUT2D eigenvalue weighted by molar-refractivity contribution is 14.1. The predicted octanol–water partition coefficient (Wildman–Crippen LogP) is 3.28. The van der Waals surface area contributed by atoms with Crippen molar-refractivity contribution in [2.75, 3.05) is 0 Å². The highest BCUT2D eigenvalue weighted by Crippen LogP contribution is 2.41. The van der Waals surface area contributed by atoms with Crippen LogP contribution in [0.3, 0.4) is 0 Å². The first-order valence-electron chi connectivity index (χ1n) is 4.73. The molecule has 0 N–H and O–H groups in total. The second kappa shape index (κ2) is 4.33. The van der Waals surface area contributed by atoms with Crippen molar-refractivity contribution in [2.24, 2.45) is 0 Å². The van der Waals surface area contributed by atoms with Gasteiger partial charge in [-0.05, 0) is 22.0 Å². The summed E-state index contributed by atoms with van der Waals surface area (Å²) in [5, 5.41) is 0. The molecular weight excluding hydrogens is 287 g/mol. The van der Waals surface area contributed by atoms with Gasteiger partial charge in [-0.15, -0.1) is 0 Å². The molecule has 0 radical (unpaired) electrons. The molecule has 1 nitrogen and oxygen atoms in total. The third-order valence-corrected chi connectivity index (χ3v) is 2.70. The van der Waals surface area contributed by atoms with Crippen LogP contribution in [0.1, 0.15) is 30.6 Å². The van der Waals surface area contributed by atoms with Gasteiger partial charge in [0.1, 0.15) is 6.10 Å². The van der Waals surface area contributed by atoms with Crippen molar-refractivity contribution in [1.82, 2.24) is 0 Å². The number of benzene rings is 1. The SMILES string of the molecule is CCC1OC1c1ccccc1C#CI. The van der Waals surface area contributed by atoms with E-state index in [9.17, 15) is 0 Å². The lowest BCUT2D eigenvalue weighted by Gasteiger charge is -1.99. The third-order valence-electron chi connectivity index (χ3n) is 2.43. The van der Waals surface area contributed by atoms with Gasteiger partial charge in [0, 0.05) is 28.2 Å². The average Bonchev–Trinajstić information content (AvgIpc) is 2.98. The molecule has 14 heavy (non-hydrogen) atoms. The molecule has 1 aliphatic heterocycles. The Morgan fingerprint density at radius 2 is 2.21 bits per heavy atom. The Balaban J connectivity index is 2.28. The van der Waals surface area contributed by atoms with Crippen LogP contribution in [-0.4, -0.2) is 6.10 Å². The van der Waals surface area contributed by atoms with Gasteiger partial charge in [-0.2, -0.15) is 0 Å². The van der Waals surface area contributed by atoms with Crippen molar-refractivity contribution in [3.8, 4) is 9.85 Å². The maximum Gasteiger partial charge on any atom is 0.110 e. The summed E-state index contributed by atoms with van der Waals surface area (Å²) in [6.07, 6.45) is 1.78. The molecule has 0 spiro atoms. The summed E-state index contributed by atoms with van der Waals surface area (Å²) >= 11 is 2.06. The first-order valence-corrected chi connectivity index (χ1v) is 5.80. The van der Waals surface area contributed by atoms with Crippen LogP contribution in [-0.2, 0) is 4.74 Å². The largest absolute Gasteiger partial charge is 0.364 e. The Hall–Kier alpha value is -0.530. The number of ether oxygens (including phenoxy) is 1. The summed E-state index contributed by atoms with van der Waals surface area (Å²) < 4.78 is 8.47. The van der Waals surface area contributed by atoms with Crippen LogP contribution in [0.4, 0.5) is 0 Å². The maximum absolute atomic E-state index is 5.57. The Kier molecular flexibility index (Phi) is 3.09. The van der Waals surface area contributed by atoms with E-state index in [1.165, 1.54) is 5.56 Å². The van der Waals surface area contributed by atoms with E-state index in [-0.39, 0.29) is 6.10 Å². The van der Waals surface area contributed by atoms with Gasteiger partial charge in [-0.1, -0.05) is 31.0 Å². The summed E-state index contributed by atoms with van der Waals surface area (Å²) in [6.45, 7) is 2.15.